The van der Waals surface area contributed by atoms with Crippen LogP contribution in [-0.4, -0.2) is 40.1 Å². The summed E-state index contributed by atoms with van der Waals surface area (Å²) in [5, 5.41) is 6.57. The molecule has 0 atom stereocenters. The fourth-order valence-corrected chi connectivity index (χ4v) is 4.33. The smallest absolute Gasteiger partial charge is 0.387 e. The van der Waals surface area contributed by atoms with E-state index in [0.717, 1.165) is 11.1 Å². The highest BCUT2D eigenvalue weighted by Gasteiger charge is 2.18. The van der Waals surface area contributed by atoms with Gasteiger partial charge in [-0.25, -0.2) is 9.97 Å². The Morgan fingerprint density at radius 3 is 2.61 bits per heavy atom. The van der Waals surface area contributed by atoms with Crippen molar-refractivity contribution in [1.82, 2.24) is 25.2 Å². The number of hydrogen-bond donors (Lipinski definition) is 2. The average Bonchev–Trinajstić information content (AvgIpc) is 2.84. The van der Waals surface area contributed by atoms with Gasteiger partial charge < -0.3 is 15.4 Å². The van der Waals surface area contributed by atoms with Gasteiger partial charge in [-0.2, -0.15) is 8.78 Å². The monoisotopic (exact) mass is 541 g/mol. The van der Waals surface area contributed by atoms with Crippen molar-refractivity contribution in [3.05, 3.63) is 75.7 Å². The summed E-state index contributed by atoms with van der Waals surface area (Å²) in [6.07, 6.45) is 1.58. The number of nitrogens with one attached hydrogen (secondary N) is 2. The van der Waals surface area contributed by atoms with Crippen molar-refractivity contribution in [2.75, 3.05) is 7.05 Å². The molecule has 0 aliphatic heterocycles. The molecule has 1 amide bonds. The number of carbonyl (C=O) groups excluding carboxylic acids is 1. The number of halogens is 3. The first kappa shape index (κ1) is 27.2. The number of amides is 1. The van der Waals surface area contributed by atoms with Crippen LogP contribution in [0.15, 0.2) is 59.5 Å². The van der Waals surface area contributed by atoms with E-state index in [9.17, 15) is 18.4 Å². The maximum absolute atomic E-state index is 13.7. The van der Waals surface area contributed by atoms with Gasteiger partial charge in [0.1, 0.15) is 18.1 Å². The highest BCUT2D eigenvalue weighted by Crippen LogP contribution is 2.28. The third-order valence-electron chi connectivity index (χ3n) is 5.55. The number of benzene rings is 2. The van der Waals surface area contributed by atoms with Gasteiger partial charge in [0, 0.05) is 34.9 Å². The van der Waals surface area contributed by atoms with E-state index in [2.05, 4.69) is 25.3 Å². The molecule has 0 saturated heterocycles. The summed E-state index contributed by atoms with van der Waals surface area (Å²) < 4.78 is 31.3. The number of fused-ring (bicyclic) bond motifs is 1. The maximum atomic E-state index is 13.7. The zero-order valence-electron chi connectivity index (χ0n) is 21.0. The molecule has 0 aliphatic rings. The van der Waals surface area contributed by atoms with Crippen LogP contribution in [0.4, 0.5) is 8.78 Å². The Labute approximate surface area is 222 Å². The summed E-state index contributed by atoms with van der Waals surface area (Å²) in [7, 11) is 1.83. The van der Waals surface area contributed by atoms with Gasteiger partial charge in [-0.1, -0.05) is 23.7 Å². The minimum Gasteiger partial charge on any atom is -0.435 e. The first-order valence-electron chi connectivity index (χ1n) is 11.8. The summed E-state index contributed by atoms with van der Waals surface area (Å²) in [6.45, 7) is 0.854. The van der Waals surface area contributed by atoms with E-state index in [1.807, 2.05) is 19.2 Å². The minimum atomic E-state index is -3.02. The predicted octanol–water partition coefficient (Wildman–Crippen LogP) is 4.62. The molecule has 2 aromatic heterocycles. The molecule has 0 unspecified atom stereocenters. The lowest BCUT2D eigenvalue weighted by atomic mass is 10.0. The average molecular weight is 542 g/mol. The van der Waals surface area contributed by atoms with Gasteiger partial charge in [0.05, 0.1) is 5.39 Å². The molecule has 0 saturated carbocycles. The molecule has 4 rings (SSSR count). The molecule has 198 valence electrons. The molecule has 0 bridgehead atoms. The molecule has 4 aromatic rings. The quantitative estimate of drug-likeness (QED) is 0.321. The van der Waals surface area contributed by atoms with Crippen LogP contribution in [0.5, 0.6) is 5.75 Å². The van der Waals surface area contributed by atoms with Crippen LogP contribution in [0.1, 0.15) is 19.4 Å². The first-order valence-corrected chi connectivity index (χ1v) is 12.2. The Morgan fingerprint density at radius 1 is 1.11 bits per heavy atom. The Balaban J connectivity index is 1.88. The van der Waals surface area contributed by atoms with Gasteiger partial charge in [0.25, 0.3) is 5.56 Å². The van der Waals surface area contributed by atoms with Gasteiger partial charge in [0.2, 0.25) is 5.91 Å². The van der Waals surface area contributed by atoms with Crippen molar-refractivity contribution in [2.24, 2.45) is 0 Å². The standard InChI is InChI=1S/C27H26ClF2N5O3/c1-15(2)33-23(36)14-35-25(17-5-4-6-21(10-17)38-27(29)30)34-24-22(26(35)37)11-19(13-32-24)18-7-16(12-31-3)8-20(28)9-18/h4-11,13,15,27,31H,12,14H2,1-3H3,(H,33,36). The Morgan fingerprint density at radius 2 is 1.89 bits per heavy atom. The molecule has 0 fully saturated rings. The van der Waals surface area contributed by atoms with Crippen LogP contribution < -0.4 is 20.9 Å². The summed E-state index contributed by atoms with van der Waals surface area (Å²) in [6, 6.07) is 12.8. The van der Waals surface area contributed by atoms with Gasteiger partial charge >= 0.3 is 6.61 Å². The highest BCUT2D eigenvalue weighted by atomic mass is 35.5. The van der Waals surface area contributed by atoms with Crippen molar-refractivity contribution < 1.29 is 18.3 Å². The van der Waals surface area contributed by atoms with Gasteiger partial charge in [-0.3, -0.25) is 14.2 Å². The Bertz CT molecular complexity index is 1540. The van der Waals surface area contributed by atoms with Crippen LogP contribution in [-0.2, 0) is 17.9 Å². The molecule has 2 N–H and O–H groups in total. The van der Waals surface area contributed by atoms with Crippen LogP contribution in [0, 0.1) is 0 Å². The number of aromatic nitrogens is 3. The van der Waals surface area contributed by atoms with Gasteiger partial charge in [-0.05, 0) is 68.4 Å². The lowest BCUT2D eigenvalue weighted by molar-refractivity contribution is -0.122. The number of nitrogens with zero attached hydrogens (tertiary/aromatic N) is 3. The van der Waals surface area contributed by atoms with Crippen LogP contribution >= 0.6 is 11.6 Å². The number of pyridine rings is 1. The second-order valence-corrected chi connectivity index (χ2v) is 9.37. The van der Waals surface area contributed by atoms with Crippen molar-refractivity contribution in [1.29, 1.82) is 0 Å². The minimum absolute atomic E-state index is 0.0976. The van der Waals surface area contributed by atoms with E-state index in [1.165, 1.54) is 22.8 Å². The fourth-order valence-electron chi connectivity index (χ4n) is 4.08. The summed E-state index contributed by atoms with van der Waals surface area (Å²) in [5.41, 5.74) is 2.33. The second-order valence-electron chi connectivity index (χ2n) is 8.93. The van der Waals surface area contributed by atoms with Crippen molar-refractivity contribution >= 4 is 28.5 Å². The fraction of sp³-hybridized carbons (Fsp3) is 0.259. The van der Waals surface area contributed by atoms with E-state index in [1.54, 1.807) is 38.2 Å². The van der Waals surface area contributed by atoms with Gasteiger partial charge in [0.15, 0.2) is 5.65 Å². The van der Waals surface area contributed by atoms with E-state index in [0.29, 0.717) is 22.7 Å². The van der Waals surface area contributed by atoms with Crippen molar-refractivity contribution in [3.63, 3.8) is 0 Å². The van der Waals surface area contributed by atoms with E-state index < -0.39 is 18.1 Å². The number of rotatable bonds is 9. The molecule has 2 heterocycles. The normalized spacial score (nSPS) is 11.4. The first-order chi connectivity index (χ1) is 18.1. The van der Waals surface area contributed by atoms with Crippen molar-refractivity contribution in [3.8, 4) is 28.3 Å². The zero-order valence-corrected chi connectivity index (χ0v) is 21.7. The zero-order chi connectivity index (χ0) is 27.4. The van der Waals surface area contributed by atoms with Crippen LogP contribution in [0.25, 0.3) is 33.5 Å². The van der Waals surface area contributed by atoms with Crippen molar-refractivity contribution in [2.45, 2.75) is 39.6 Å². The Hall–Kier alpha value is -3.89. The molecule has 11 heteroatoms. The molecular weight excluding hydrogens is 516 g/mol. The number of alkyl halides is 2. The molecule has 0 spiro atoms. The number of carbonyl (C=O) groups is 1. The predicted molar refractivity (Wildman–Crippen MR) is 142 cm³/mol. The van der Waals surface area contributed by atoms with E-state index in [-0.39, 0.29) is 35.2 Å². The number of hydrogen-bond acceptors (Lipinski definition) is 6. The molecule has 8 nitrogen and oxygen atoms in total. The topological polar surface area (TPSA) is 98.1 Å². The lowest BCUT2D eigenvalue weighted by Crippen LogP contribution is -2.37. The molecule has 38 heavy (non-hydrogen) atoms. The number of ether oxygens (including phenoxy) is 1. The molecule has 0 aliphatic carbocycles. The SMILES string of the molecule is CNCc1cc(Cl)cc(-c2cnc3nc(-c4cccc(OC(F)F)c4)n(CC(=O)NC(C)C)c(=O)c3c2)c1. The Kier molecular flexibility index (Phi) is 8.33. The summed E-state index contributed by atoms with van der Waals surface area (Å²) in [5.74, 6) is -0.410. The molecule has 0 radical (unpaired) electrons. The molecular formula is C27H26ClF2N5O3. The van der Waals surface area contributed by atoms with Crippen LogP contribution in [0.2, 0.25) is 5.02 Å². The third kappa shape index (κ3) is 6.32. The second kappa shape index (κ2) is 11.7. The lowest BCUT2D eigenvalue weighted by Gasteiger charge is -2.16. The summed E-state index contributed by atoms with van der Waals surface area (Å²) >= 11 is 6.31. The summed E-state index contributed by atoms with van der Waals surface area (Å²) in [4.78, 5) is 35.4. The third-order valence-corrected chi connectivity index (χ3v) is 5.77. The largest absolute Gasteiger partial charge is 0.435 e. The van der Waals surface area contributed by atoms with Crippen LogP contribution in [0.3, 0.4) is 0 Å². The van der Waals surface area contributed by atoms with Gasteiger partial charge in [-0.15, -0.1) is 0 Å². The molecule has 2 aromatic carbocycles. The maximum Gasteiger partial charge on any atom is 0.387 e. The van der Waals surface area contributed by atoms with E-state index >= 15 is 0 Å². The van der Waals surface area contributed by atoms with E-state index in [4.69, 9.17) is 11.6 Å². The highest BCUT2D eigenvalue weighted by molar-refractivity contribution is 6.31.